The van der Waals surface area contributed by atoms with Gasteiger partial charge in [-0.05, 0) is 78.8 Å². The molecule has 1 fully saturated rings. The fraction of sp³-hybridized carbons (Fsp3) is 0.231. The van der Waals surface area contributed by atoms with Crippen LogP contribution in [0.25, 0.3) is 0 Å². The number of carbonyl (C=O) groups is 2. The second-order valence-corrected chi connectivity index (χ2v) is 9.19. The number of hydrogen-bond acceptors (Lipinski definition) is 3. The van der Waals surface area contributed by atoms with Gasteiger partial charge in [0.15, 0.2) is 0 Å². The van der Waals surface area contributed by atoms with Gasteiger partial charge in [-0.2, -0.15) is 0 Å². The molecule has 31 heavy (non-hydrogen) atoms. The largest absolute Gasteiger partial charge is 0.322 e. The Balaban J connectivity index is 1.35. The van der Waals surface area contributed by atoms with E-state index in [-0.39, 0.29) is 17.2 Å². The predicted molar refractivity (Wildman–Crippen MR) is 127 cm³/mol. The molecule has 4 nitrogen and oxygen atoms in total. The maximum absolute atomic E-state index is 12.7. The minimum Gasteiger partial charge on any atom is -0.322 e. The zero-order valence-electron chi connectivity index (χ0n) is 17.4. The lowest BCUT2D eigenvalue weighted by atomic mass is 10.1. The first kappa shape index (κ1) is 19.9. The molecule has 1 aliphatic heterocycles. The second-order valence-electron chi connectivity index (χ2n) is 8.12. The van der Waals surface area contributed by atoms with Gasteiger partial charge in [-0.1, -0.05) is 36.4 Å². The van der Waals surface area contributed by atoms with E-state index in [1.54, 1.807) is 11.8 Å². The molecular formula is C26H24N2O2S. The van der Waals surface area contributed by atoms with Crippen molar-refractivity contribution in [2.75, 3.05) is 16.0 Å². The summed E-state index contributed by atoms with van der Waals surface area (Å²) >= 11 is 1.65. The Labute approximate surface area is 186 Å². The van der Waals surface area contributed by atoms with Crippen molar-refractivity contribution in [3.63, 3.8) is 0 Å². The molecule has 0 radical (unpaired) electrons. The average molecular weight is 429 g/mol. The van der Waals surface area contributed by atoms with Crippen LogP contribution < -0.4 is 10.2 Å². The van der Waals surface area contributed by atoms with Gasteiger partial charge in [0, 0.05) is 16.9 Å². The van der Waals surface area contributed by atoms with Gasteiger partial charge in [0.05, 0.1) is 5.75 Å². The minimum absolute atomic E-state index is 0.0481. The lowest BCUT2D eigenvalue weighted by Crippen LogP contribution is -2.27. The molecule has 0 aromatic heterocycles. The highest BCUT2D eigenvalue weighted by molar-refractivity contribution is 8.00. The standard InChI is InChI=1S/C26H24N2O2S/c1-17-5-2-3-8-23(17)25(30)27-21-12-9-19(10-13-21)26-28(24(29)16-31-26)22-14-11-18-6-4-7-20(18)15-22/h2-3,5,8-15,26H,4,6-7,16H2,1H3,(H,27,30)/t26-/m1/s1. The van der Waals surface area contributed by atoms with Crippen LogP contribution in [0.5, 0.6) is 0 Å². The van der Waals surface area contributed by atoms with E-state index in [4.69, 9.17) is 0 Å². The van der Waals surface area contributed by atoms with Gasteiger partial charge in [0.25, 0.3) is 5.91 Å². The van der Waals surface area contributed by atoms with Crippen molar-refractivity contribution in [2.45, 2.75) is 31.6 Å². The van der Waals surface area contributed by atoms with Crippen molar-refractivity contribution in [3.8, 4) is 0 Å². The summed E-state index contributed by atoms with van der Waals surface area (Å²) in [6.07, 6.45) is 3.43. The van der Waals surface area contributed by atoms with Crippen LogP contribution in [0.4, 0.5) is 11.4 Å². The summed E-state index contributed by atoms with van der Waals surface area (Å²) in [4.78, 5) is 27.2. The molecule has 0 saturated carbocycles. The molecule has 0 bridgehead atoms. The summed E-state index contributed by atoms with van der Waals surface area (Å²) in [6, 6.07) is 21.8. The molecule has 1 saturated heterocycles. The summed E-state index contributed by atoms with van der Waals surface area (Å²) in [5.41, 5.74) is 7.19. The van der Waals surface area contributed by atoms with E-state index in [1.165, 1.54) is 17.5 Å². The molecule has 0 spiro atoms. The molecular weight excluding hydrogens is 404 g/mol. The molecule has 0 unspecified atom stereocenters. The van der Waals surface area contributed by atoms with E-state index in [9.17, 15) is 9.59 Å². The second kappa shape index (κ2) is 8.23. The van der Waals surface area contributed by atoms with E-state index in [0.29, 0.717) is 11.3 Å². The smallest absolute Gasteiger partial charge is 0.255 e. The fourth-order valence-electron chi connectivity index (χ4n) is 4.42. The van der Waals surface area contributed by atoms with Crippen molar-refractivity contribution in [1.29, 1.82) is 0 Å². The number of aryl methyl sites for hydroxylation is 3. The van der Waals surface area contributed by atoms with E-state index in [0.717, 1.165) is 35.3 Å². The number of benzene rings is 3. The zero-order chi connectivity index (χ0) is 21.4. The van der Waals surface area contributed by atoms with Crippen molar-refractivity contribution in [3.05, 3.63) is 94.5 Å². The average Bonchev–Trinajstić information content (AvgIpc) is 3.40. The van der Waals surface area contributed by atoms with Crippen LogP contribution in [0.15, 0.2) is 66.7 Å². The van der Waals surface area contributed by atoms with Gasteiger partial charge >= 0.3 is 0 Å². The van der Waals surface area contributed by atoms with Gasteiger partial charge in [-0.25, -0.2) is 0 Å². The number of amides is 2. The van der Waals surface area contributed by atoms with Gasteiger partial charge in [-0.3, -0.25) is 14.5 Å². The number of nitrogens with zero attached hydrogens (tertiary/aromatic N) is 1. The summed E-state index contributed by atoms with van der Waals surface area (Å²) in [5.74, 6) is 0.508. The number of rotatable bonds is 4. The number of thioether (sulfide) groups is 1. The number of anilines is 2. The van der Waals surface area contributed by atoms with Crippen LogP contribution >= 0.6 is 11.8 Å². The third kappa shape index (κ3) is 3.86. The molecule has 1 heterocycles. The molecule has 2 aliphatic rings. The molecule has 1 aliphatic carbocycles. The Hall–Kier alpha value is -3.05. The van der Waals surface area contributed by atoms with Gasteiger partial charge in [0.1, 0.15) is 5.37 Å². The van der Waals surface area contributed by atoms with E-state index >= 15 is 0 Å². The van der Waals surface area contributed by atoms with Crippen molar-refractivity contribution in [2.24, 2.45) is 0 Å². The number of carbonyl (C=O) groups excluding carboxylic acids is 2. The van der Waals surface area contributed by atoms with Crippen molar-refractivity contribution >= 4 is 35.0 Å². The lowest BCUT2D eigenvalue weighted by Gasteiger charge is -2.25. The van der Waals surface area contributed by atoms with Gasteiger partial charge in [-0.15, -0.1) is 11.8 Å². The Bertz CT molecular complexity index is 1160. The highest BCUT2D eigenvalue weighted by Crippen LogP contribution is 2.43. The Morgan fingerprint density at radius 2 is 1.77 bits per heavy atom. The first-order valence-electron chi connectivity index (χ1n) is 10.6. The normalized spacial score (nSPS) is 17.6. The fourth-order valence-corrected chi connectivity index (χ4v) is 5.59. The maximum atomic E-state index is 12.7. The molecule has 3 aromatic carbocycles. The summed E-state index contributed by atoms with van der Waals surface area (Å²) in [5, 5.41) is 2.92. The highest BCUT2D eigenvalue weighted by atomic mass is 32.2. The Morgan fingerprint density at radius 3 is 2.58 bits per heavy atom. The molecule has 5 heteroatoms. The SMILES string of the molecule is Cc1ccccc1C(=O)Nc1ccc([C@H]2SCC(=O)N2c2ccc3c(c2)CCC3)cc1. The van der Waals surface area contributed by atoms with Gasteiger partial charge < -0.3 is 5.32 Å². The highest BCUT2D eigenvalue weighted by Gasteiger charge is 2.34. The van der Waals surface area contributed by atoms with Gasteiger partial charge in [0.2, 0.25) is 5.91 Å². The lowest BCUT2D eigenvalue weighted by molar-refractivity contribution is -0.115. The van der Waals surface area contributed by atoms with Crippen LogP contribution in [0, 0.1) is 6.92 Å². The molecule has 3 aromatic rings. The quantitative estimate of drug-likeness (QED) is 0.596. The Morgan fingerprint density at radius 1 is 1.00 bits per heavy atom. The molecule has 5 rings (SSSR count). The molecule has 1 atom stereocenters. The van der Waals surface area contributed by atoms with Crippen LogP contribution in [0.2, 0.25) is 0 Å². The minimum atomic E-state index is -0.115. The number of hydrogen-bond donors (Lipinski definition) is 1. The van der Waals surface area contributed by atoms with Crippen LogP contribution in [-0.4, -0.2) is 17.6 Å². The first-order chi connectivity index (χ1) is 15.1. The van der Waals surface area contributed by atoms with E-state index in [1.807, 2.05) is 60.4 Å². The van der Waals surface area contributed by atoms with Crippen molar-refractivity contribution < 1.29 is 9.59 Å². The molecule has 1 N–H and O–H groups in total. The Kier molecular flexibility index (Phi) is 5.28. The third-order valence-corrected chi connectivity index (χ3v) is 7.28. The van der Waals surface area contributed by atoms with Crippen LogP contribution in [0.1, 0.15) is 44.4 Å². The monoisotopic (exact) mass is 428 g/mol. The first-order valence-corrected chi connectivity index (χ1v) is 11.7. The van der Waals surface area contributed by atoms with Crippen LogP contribution in [-0.2, 0) is 17.6 Å². The molecule has 2 amide bonds. The van der Waals surface area contributed by atoms with E-state index in [2.05, 4.69) is 23.5 Å². The topological polar surface area (TPSA) is 49.4 Å². The molecule has 156 valence electrons. The van der Waals surface area contributed by atoms with Crippen LogP contribution in [0.3, 0.4) is 0 Å². The number of nitrogens with one attached hydrogen (secondary N) is 1. The summed E-state index contributed by atoms with van der Waals surface area (Å²) in [6.45, 7) is 1.93. The summed E-state index contributed by atoms with van der Waals surface area (Å²) < 4.78 is 0. The van der Waals surface area contributed by atoms with E-state index < -0.39 is 0 Å². The summed E-state index contributed by atoms with van der Waals surface area (Å²) in [7, 11) is 0. The predicted octanol–water partition coefficient (Wildman–Crippen LogP) is 5.51. The third-order valence-electron chi connectivity index (χ3n) is 6.07. The zero-order valence-corrected chi connectivity index (χ0v) is 18.2. The maximum Gasteiger partial charge on any atom is 0.255 e. The van der Waals surface area contributed by atoms with Crippen molar-refractivity contribution in [1.82, 2.24) is 0 Å². The number of fused-ring (bicyclic) bond motifs is 1.